The summed E-state index contributed by atoms with van der Waals surface area (Å²) in [6, 6.07) is 10.6. The van der Waals surface area contributed by atoms with Gasteiger partial charge in [-0.2, -0.15) is 0 Å². The molecule has 4 aromatic rings. The van der Waals surface area contributed by atoms with Gasteiger partial charge in [0, 0.05) is 24.0 Å². The molecule has 0 saturated heterocycles. The zero-order valence-electron chi connectivity index (χ0n) is 15.5. The van der Waals surface area contributed by atoms with Crippen molar-refractivity contribution in [2.75, 3.05) is 0 Å². The molecule has 0 saturated carbocycles. The maximum atomic E-state index is 13.4. The number of aromatic nitrogens is 4. The summed E-state index contributed by atoms with van der Waals surface area (Å²) in [6.07, 6.45) is -3.31. The fraction of sp³-hybridized carbons (Fsp3) is 0.150. The van der Waals surface area contributed by atoms with E-state index in [1.807, 2.05) is 0 Å². The third-order valence-corrected chi connectivity index (χ3v) is 4.47. The first kappa shape index (κ1) is 19.6. The summed E-state index contributed by atoms with van der Waals surface area (Å²) in [5.74, 6) is -0.819. The van der Waals surface area contributed by atoms with Crippen molar-refractivity contribution >= 4 is 11.0 Å². The van der Waals surface area contributed by atoms with Crippen LogP contribution in [0, 0.1) is 5.82 Å². The minimum atomic E-state index is -4.81. The van der Waals surface area contributed by atoms with Crippen LogP contribution in [0.5, 0.6) is 5.75 Å². The molecule has 2 aromatic carbocycles. The van der Waals surface area contributed by atoms with Crippen molar-refractivity contribution in [2.45, 2.75) is 19.8 Å². The molecule has 0 unspecified atom stereocenters. The van der Waals surface area contributed by atoms with Crippen molar-refractivity contribution in [1.29, 1.82) is 0 Å². The minimum Gasteiger partial charge on any atom is -0.406 e. The van der Waals surface area contributed by atoms with E-state index < -0.39 is 23.5 Å². The summed E-state index contributed by atoms with van der Waals surface area (Å²) in [5.41, 5.74) is 1.60. The molecule has 0 radical (unpaired) electrons. The maximum absolute atomic E-state index is 13.4. The Hall–Kier alpha value is -3.69. The topological polar surface area (TPSA) is 61.9 Å². The molecule has 30 heavy (non-hydrogen) atoms. The summed E-state index contributed by atoms with van der Waals surface area (Å²) < 4.78 is 57.2. The standard InChI is InChI=1S/C20H14F4N4O2/c1-2-28-18-17(25-26-28)16(12-3-5-13(21)6-4-12)11-27(19(18)29)14-7-9-15(10-8-14)30-20(22,23)24/h3-11H,2H2,1H3. The van der Waals surface area contributed by atoms with E-state index in [1.54, 1.807) is 19.1 Å². The molecular weight excluding hydrogens is 404 g/mol. The molecular formula is C20H14F4N4O2. The second-order valence-corrected chi connectivity index (χ2v) is 6.37. The average molecular weight is 418 g/mol. The first-order valence-corrected chi connectivity index (χ1v) is 8.88. The lowest BCUT2D eigenvalue weighted by atomic mass is 10.1. The zero-order chi connectivity index (χ0) is 21.5. The van der Waals surface area contributed by atoms with Crippen LogP contribution in [0.4, 0.5) is 17.6 Å². The van der Waals surface area contributed by atoms with Crippen molar-refractivity contribution in [3.8, 4) is 22.6 Å². The Kier molecular flexibility index (Phi) is 4.76. The van der Waals surface area contributed by atoms with Crippen molar-refractivity contribution in [3.63, 3.8) is 0 Å². The van der Waals surface area contributed by atoms with Gasteiger partial charge in [0.2, 0.25) is 0 Å². The Morgan fingerprint density at radius 2 is 1.70 bits per heavy atom. The van der Waals surface area contributed by atoms with Crippen LogP contribution in [0.25, 0.3) is 27.8 Å². The van der Waals surface area contributed by atoms with Crippen LogP contribution >= 0.6 is 0 Å². The molecule has 4 rings (SSSR count). The highest BCUT2D eigenvalue weighted by atomic mass is 19.4. The number of hydrogen-bond acceptors (Lipinski definition) is 4. The van der Waals surface area contributed by atoms with Crippen LogP contribution in [0.15, 0.2) is 59.5 Å². The van der Waals surface area contributed by atoms with Gasteiger partial charge in [-0.1, -0.05) is 17.3 Å². The minimum absolute atomic E-state index is 0.231. The Bertz CT molecular complexity index is 1260. The molecule has 6 nitrogen and oxygen atoms in total. The molecule has 0 aliphatic heterocycles. The van der Waals surface area contributed by atoms with E-state index >= 15 is 0 Å². The number of benzene rings is 2. The van der Waals surface area contributed by atoms with Gasteiger partial charge >= 0.3 is 6.36 Å². The van der Waals surface area contributed by atoms with Gasteiger partial charge in [-0.25, -0.2) is 9.07 Å². The van der Waals surface area contributed by atoms with Gasteiger partial charge in [0.1, 0.15) is 17.1 Å². The van der Waals surface area contributed by atoms with Gasteiger partial charge < -0.3 is 4.74 Å². The van der Waals surface area contributed by atoms with Crippen LogP contribution in [-0.4, -0.2) is 25.9 Å². The first-order chi connectivity index (χ1) is 14.3. The third kappa shape index (κ3) is 3.63. The average Bonchev–Trinajstić information content (AvgIpc) is 3.14. The highest BCUT2D eigenvalue weighted by molar-refractivity contribution is 5.90. The number of fused-ring (bicyclic) bond motifs is 1. The monoisotopic (exact) mass is 418 g/mol. The Labute approximate surface area is 166 Å². The number of alkyl halides is 3. The van der Waals surface area contributed by atoms with Crippen LogP contribution in [-0.2, 0) is 6.54 Å². The summed E-state index contributed by atoms with van der Waals surface area (Å²) in [6.45, 7) is 2.18. The van der Waals surface area contributed by atoms with E-state index in [4.69, 9.17) is 0 Å². The molecule has 0 fully saturated rings. The van der Waals surface area contributed by atoms with E-state index in [1.165, 1.54) is 39.7 Å². The van der Waals surface area contributed by atoms with Gasteiger partial charge in [-0.3, -0.25) is 9.36 Å². The number of rotatable bonds is 4. The number of aryl methyl sites for hydroxylation is 1. The van der Waals surface area contributed by atoms with E-state index in [-0.39, 0.29) is 5.52 Å². The van der Waals surface area contributed by atoms with Gasteiger partial charge in [0.05, 0.1) is 0 Å². The fourth-order valence-corrected chi connectivity index (χ4v) is 3.13. The lowest BCUT2D eigenvalue weighted by Crippen LogP contribution is -2.21. The Balaban J connectivity index is 1.91. The maximum Gasteiger partial charge on any atom is 0.573 e. The zero-order valence-corrected chi connectivity index (χ0v) is 15.5. The van der Waals surface area contributed by atoms with Crippen LogP contribution in [0.2, 0.25) is 0 Å². The van der Waals surface area contributed by atoms with E-state index in [9.17, 15) is 22.4 Å². The van der Waals surface area contributed by atoms with Crippen molar-refractivity contribution < 1.29 is 22.3 Å². The van der Waals surface area contributed by atoms with Gasteiger partial charge in [-0.15, -0.1) is 18.3 Å². The number of ether oxygens (including phenoxy) is 1. The molecule has 2 aromatic heterocycles. The largest absolute Gasteiger partial charge is 0.573 e. The highest BCUT2D eigenvalue weighted by Gasteiger charge is 2.31. The van der Waals surface area contributed by atoms with Gasteiger partial charge in [-0.05, 0) is 48.9 Å². The van der Waals surface area contributed by atoms with Crippen molar-refractivity contribution in [2.24, 2.45) is 0 Å². The lowest BCUT2D eigenvalue weighted by molar-refractivity contribution is -0.274. The molecule has 0 amide bonds. The van der Waals surface area contributed by atoms with Crippen LogP contribution < -0.4 is 10.3 Å². The number of pyridine rings is 1. The predicted octanol–water partition coefficient (Wildman–Crippen LogP) is 4.31. The molecule has 2 heterocycles. The number of halogens is 4. The summed E-state index contributed by atoms with van der Waals surface area (Å²) in [7, 11) is 0. The van der Waals surface area contributed by atoms with Gasteiger partial charge in [0.15, 0.2) is 5.52 Å². The third-order valence-electron chi connectivity index (χ3n) is 4.47. The molecule has 0 N–H and O–H groups in total. The SMILES string of the molecule is CCn1nnc2c(-c3ccc(F)cc3)cn(-c3ccc(OC(F)(F)F)cc3)c(=O)c21. The molecule has 0 bridgehead atoms. The lowest BCUT2D eigenvalue weighted by Gasteiger charge is -2.12. The molecule has 0 aliphatic rings. The normalized spacial score (nSPS) is 11.8. The second-order valence-electron chi connectivity index (χ2n) is 6.37. The Morgan fingerprint density at radius 1 is 1.03 bits per heavy atom. The second kappa shape index (κ2) is 7.29. The molecule has 154 valence electrons. The van der Waals surface area contributed by atoms with Crippen LogP contribution in [0.1, 0.15) is 6.92 Å². The van der Waals surface area contributed by atoms with Crippen molar-refractivity contribution in [1.82, 2.24) is 19.6 Å². The van der Waals surface area contributed by atoms with Crippen LogP contribution in [0.3, 0.4) is 0 Å². The number of nitrogens with zero attached hydrogens (tertiary/aromatic N) is 4. The highest BCUT2D eigenvalue weighted by Crippen LogP contribution is 2.28. The Morgan fingerprint density at radius 3 is 2.30 bits per heavy atom. The van der Waals surface area contributed by atoms with E-state index in [2.05, 4.69) is 15.0 Å². The first-order valence-electron chi connectivity index (χ1n) is 8.88. The molecule has 0 aliphatic carbocycles. The molecule has 10 heteroatoms. The smallest absolute Gasteiger partial charge is 0.406 e. The van der Waals surface area contributed by atoms with E-state index in [0.29, 0.717) is 28.9 Å². The van der Waals surface area contributed by atoms with E-state index in [0.717, 1.165) is 12.1 Å². The molecule has 0 atom stereocenters. The van der Waals surface area contributed by atoms with Gasteiger partial charge in [0.25, 0.3) is 5.56 Å². The summed E-state index contributed by atoms with van der Waals surface area (Å²) in [4.78, 5) is 13.1. The quantitative estimate of drug-likeness (QED) is 0.464. The number of hydrogen-bond donors (Lipinski definition) is 0. The summed E-state index contributed by atoms with van der Waals surface area (Å²) >= 11 is 0. The summed E-state index contributed by atoms with van der Waals surface area (Å²) in [5, 5.41) is 8.10. The fourth-order valence-electron chi connectivity index (χ4n) is 3.13. The molecule has 0 spiro atoms. The van der Waals surface area contributed by atoms with Crippen molar-refractivity contribution in [3.05, 3.63) is 70.9 Å². The predicted molar refractivity (Wildman–Crippen MR) is 101 cm³/mol.